The summed E-state index contributed by atoms with van der Waals surface area (Å²) in [7, 11) is 0. The van der Waals surface area contributed by atoms with Crippen LogP contribution in [0.2, 0.25) is 0 Å². The van der Waals surface area contributed by atoms with Crippen LogP contribution in [0, 0.1) is 34.1 Å². The van der Waals surface area contributed by atoms with Crippen molar-refractivity contribution in [2.24, 2.45) is 10.7 Å². The van der Waals surface area contributed by atoms with E-state index < -0.39 is 17.7 Å². The van der Waals surface area contributed by atoms with Gasteiger partial charge in [0.25, 0.3) is 0 Å². The number of fused-ring (bicyclic) bond motifs is 1. The molecule has 8 nitrogen and oxygen atoms in total. The van der Waals surface area contributed by atoms with Crippen molar-refractivity contribution in [3.8, 4) is 24.1 Å². The zero-order valence-electron chi connectivity index (χ0n) is 15.9. The molecule has 0 spiro atoms. The highest BCUT2D eigenvalue weighted by Crippen LogP contribution is 2.44. The summed E-state index contributed by atoms with van der Waals surface area (Å²) in [6.07, 6.45) is 0.588. The van der Waals surface area contributed by atoms with Gasteiger partial charge in [0, 0.05) is 11.3 Å². The SMILES string of the molecule is CC1(C)Oc2ccc(C#N)cc2[C@@H](N(C(N)=NC#N)c2ccc(C#N)cc2)[C@@H]1O. The van der Waals surface area contributed by atoms with Gasteiger partial charge in [-0.2, -0.15) is 15.8 Å². The molecule has 144 valence electrons. The quantitative estimate of drug-likeness (QED) is 0.458. The number of benzene rings is 2. The Hall–Kier alpha value is -4.06. The van der Waals surface area contributed by atoms with Gasteiger partial charge < -0.3 is 20.5 Å². The van der Waals surface area contributed by atoms with Gasteiger partial charge in [0.05, 0.1) is 29.3 Å². The minimum absolute atomic E-state index is 0.132. The van der Waals surface area contributed by atoms with Crippen LogP contribution < -0.4 is 15.4 Å². The number of aliphatic imine (C=N–C) groups is 1. The first-order valence-corrected chi connectivity index (χ1v) is 8.75. The van der Waals surface area contributed by atoms with E-state index in [1.807, 2.05) is 6.07 Å². The predicted molar refractivity (Wildman–Crippen MR) is 105 cm³/mol. The van der Waals surface area contributed by atoms with Crippen LogP contribution in [0.15, 0.2) is 47.5 Å². The van der Waals surface area contributed by atoms with Crippen LogP contribution in [0.25, 0.3) is 0 Å². The Bertz CT molecular complexity index is 1090. The Morgan fingerprint density at radius 2 is 1.72 bits per heavy atom. The highest BCUT2D eigenvalue weighted by Gasteiger charge is 2.46. The first-order chi connectivity index (χ1) is 13.8. The number of nitriles is 3. The van der Waals surface area contributed by atoms with Crippen LogP contribution in [0.4, 0.5) is 5.69 Å². The predicted octanol–water partition coefficient (Wildman–Crippen LogP) is 2.31. The minimum Gasteiger partial charge on any atom is -0.485 e. The van der Waals surface area contributed by atoms with E-state index in [0.29, 0.717) is 28.1 Å². The molecule has 0 amide bonds. The van der Waals surface area contributed by atoms with E-state index in [4.69, 9.17) is 21.0 Å². The molecule has 2 atom stereocenters. The zero-order valence-corrected chi connectivity index (χ0v) is 15.9. The van der Waals surface area contributed by atoms with Gasteiger partial charge in [-0.05, 0) is 56.3 Å². The molecule has 1 aliphatic rings. The molecular formula is C21H18N6O2. The summed E-state index contributed by atoms with van der Waals surface area (Å²) >= 11 is 0. The Labute approximate surface area is 168 Å². The summed E-state index contributed by atoms with van der Waals surface area (Å²) in [4.78, 5) is 5.17. The van der Waals surface area contributed by atoms with Crippen molar-refractivity contribution >= 4 is 11.6 Å². The second-order valence-electron chi connectivity index (χ2n) is 7.06. The van der Waals surface area contributed by atoms with Crippen molar-refractivity contribution in [1.29, 1.82) is 15.8 Å². The topological polar surface area (TPSA) is 142 Å². The number of guanidine groups is 1. The van der Waals surface area contributed by atoms with Crippen LogP contribution in [-0.4, -0.2) is 22.8 Å². The van der Waals surface area contributed by atoms with Gasteiger partial charge >= 0.3 is 0 Å². The summed E-state index contributed by atoms with van der Waals surface area (Å²) in [5, 5.41) is 38.6. The molecule has 3 N–H and O–H groups in total. The first kappa shape index (κ1) is 19.7. The number of aliphatic hydroxyl groups is 1. The molecule has 1 aliphatic heterocycles. The van der Waals surface area contributed by atoms with Crippen molar-refractivity contribution in [2.75, 3.05) is 4.90 Å². The molecule has 0 saturated heterocycles. The van der Waals surface area contributed by atoms with E-state index in [1.165, 1.54) is 4.90 Å². The third-order valence-electron chi connectivity index (χ3n) is 4.81. The Kier molecular flexibility index (Phi) is 5.10. The van der Waals surface area contributed by atoms with E-state index in [1.54, 1.807) is 62.5 Å². The van der Waals surface area contributed by atoms with Crippen LogP contribution >= 0.6 is 0 Å². The molecule has 0 radical (unpaired) electrons. The molecule has 0 aliphatic carbocycles. The van der Waals surface area contributed by atoms with E-state index in [2.05, 4.69) is 11.1 Å². The number of rotatable bonds is 2. The van der Waals surface area contributed by atoms with Gasteiger partial charge in [-0.1, -0.05) is 0 Å². The summed E-state index contributed by atoms with van der Waals surface area (Å²) < 4.78 is 5.95. The number of ether oxygens (including phenoxy) is 1. The molecule has 0 fully saturated rings. The Morgan fingerprint density at radius 1 is 1.10 bits per heavy atom. The maximum absolute atomic E-state index is 11.2. The molecule has 29 heavy (non-hydrogen) atoms. The summed E-state index contributed by atoms with van der Waals surface area (Å²) in [5.74, 6) is 0.361. The second kappa shape index (κ2) is 7.52. The third-order valence-corrected chi connectivity index (χ3v) is 4.81. The average molecular weight is 386 g/mol. The highest BCUT2D eigenvalue weighted by molar-refractivity contribution is 5.96. The van der Waals surface area contributed by atoms with Crippen molar-refractivity contribution in [1.82, 2.24) is 0 Å². The van der Waals surface area contributed by atoms with Gasteiger partial charge in [-0.3, -0.25) is 0 Å². The summed E-state index contributed by atoms with van der Waals surface area (Å²) in [6, 6.07) is 14.8. The lowest BCUT2D eigenvalue weighted by atomic mass is 9.84. The number of hydrogen-bond donors (Lipinski definition) is 2. The number of aliphatic hydroxyl groups excluding tert-OH is 1. The molecule has 0 aromatic heterocycles. The largest absolute Gasteiger partial charge is 0.485 e. The monoisotopic (exact) mass is 386 g/mol. The number of nitrogens with zero attached hydrogens (tertiary/aromatic N) is 5. The second-order valence-corrected chi connectivity index (χ2v) is 7.06. The average Bonchev–Trinajstić information content (AvgIpc) is 2.71. The van der Waals surface area contributed by atoms with E-state index >= 15 is 0 Å². The molecule has 2 aromatic rings. The number of anilines is 1. The van der Waals surface area contributed by atoms with Gasteiger partial charge in [0.1, 0.15) is 17.5 Å². The fourth-order valence-corrected chi connectivity index (χ4v) is 3.35. The molecule has 1 heterocycles. The Morgan fingerprint density at radius 3 is 2.31 bits per heavy atom. The van der Waals surface area contributed by atoms with Crippen molar-refractivity contribution in [3.63, 3.8) is 0 Å². The van der Waals surface area contributed by atoms with Crippen LogP contribution in [-0.2, 0) is 0 Å². The van der Waals surface area contributed by atoms with E-state index in [0.717, 1.165) is 0 Å². The lowest BCUT2D eigenvalue weighted by Gasteiger charge is -2.46. The molecule has 0 saturated carbocycles. The van der Waals surface area contributed by atoms with Crippen LogP contribution in [0.3, 0.4) is 0 Å². The van der Waals surface area contributed by atoms with Crippen molar-refractivity contribution in [2.45, 2.75) is 31.6 Å². The van der Waals surface area contributed by atoms with Crippen molar-refractivity contribution < 1.29 is 9.84 Å². The molecule has 3 rings (SSSR count). The van der Waals surface area contributed by atoms with Gasteiger partial charge in [-0.25, -0.2) is 0 Å². The maximum atomic E-state index is 11.2. The normalized spacial score (nSPS) is 19.7. The lowest BCUT2D eigenvalue weighted by molar-refractivity contribution is -0.0565. The van der Waals surface area contributed by atoms with E-state index in [-0.39, 0.29) is 5.96 Å². The first-order valence-electron chi connectivity index (χ1n) is 8.75. The smallest absolute Gasteiger partial charge is 0.212 e. The van der Waals surface area contributed by atoms with Crippen LogP contribution in [0.5, 0.6) is 5.75 Å². The summed E-state index contributed by atoms with van der Waals surface area (Å²) in [6.45, 7) is 3.47. The molecular weight excluding hydrogens is 368 g/mol. The highest BCUT2D eigenvalue weighted by atomic mass is 16.5. The lowest BCUT2D eigenvalue weighted by Crippen LogP contribution is -2.56. The Balaban J connectivity index is 2.25. The zero-order chi connectivity index (χ0) is 21.2. The summed E-state index contributed by atoms with van der Waals surface area (Å²) in [5.41, 5.74) is 7.03. The van der Waals surface area contributed by atoms with Crippen LogP contribution in [0.1, 0.15) is 36.6 Å². The fourth-order valence-electron chi connectivity index (χ4n) is 3.35. The van der Waals surface area contributed by atoms with Crippen molar-refractivity contribution in [3.05, 3.63) is 59.2 Å². The third kappa shape index (κ3) is 3.55. The molecule has 2 aromatic carbocycles. The molecule has 0 unspecified atom stereocenters. The number of nitrogens with two attached hydrogens (primary N) is 1. The maximum Gasteiger partial charge on any atom is 0.212 e. The van der Waals surface area contributed by atoms with E-state index in [9.17, 15) is 10.4 Å². The molecule has 0 bridgehead atoms. The van der Waals surface area contributed by atoms with Gasteiger partial charge in [0.2, 0.25) is 12.2 Å². The molecule has 8 heteroatoms. The minimum atomic E-state index is -1.08. The standard InChI is InChI=1S/C21H18N6O2/c1-21(2)19(28)18(16-9-14(11-23)5-8-17(16)29-21)27(20(25)26-12-24)15-6-3-13(10-22)4-7-15/h3-9,18-19,28H,1-2H3,(H2,25,26)/t18-,19+/m1/s1. The van der Waals surface area contributed by atoms with Gasteiger partial charge in [-0.15, -0.1) is 4.99 Å². The van der Waals surface area contributed by atoms with Gasteiger partial charge in [0.15, 0.2) is 0 Å². The number of hydrogen-bond acceptors (Lipinski definition) is 6. The fraction of sp³-hybridized carbons (Fsp3) is 0.238.